The summed E-state index contributed by atoms with van der Waals surface area (Å²) in [5.41, 5.74) is 7.77. The van der Waals surface area contributed by atoms with Crippen molar-refractivity contribution in [3.8, 4) is 0 Å². The summed E-state index contributed by atoms with van der Waals surface area (Å²) in [7, 11) is 0. The summed E-state index contributed by atoms with van der Waals surface area (Å²) in [6, 6.07) is 7.94. The fourth-order valence-electron chi connectivity index (χ4n) is 0.856. The Labute approximate surface area is 83.0 Å². The number of anilines is 1. The summed E-state index contributed by atoms with van der Waals surface area (Å²) in [6.07, 6.45) is 1.02. The van der Waals surface area contributed by atoms with Crippen molar-refractivity contribution in [3.63, 3.8) is 0 Å². The first-order valence-electron chi connectivity index (χ1n) is 5.18. The van der Waals surface area contributed by atoms with Crippen LogP contribution in [0.1, 0.15) is 40.2 Å². The van der Waals surface area contributed by atoms with Crippen LogP contribution in [-0.4, -0.2) is 0 Å². The number of rotatable bonds is 1. The van der Waals surface area contributed by atoms with Crippen molar-refractivity contribution < 1.29 is 0 Å². The van der Waals surface area contributed by atoms with Gasteiger partial charge in [-0.2, -0.15) is 0 Å². The predicted molar refractivity (Wildman–Crippen MR) is 62.9 cm³/mol. The minimum Gasteiger partial charge on any atom is -0.399 e. The molecule has 0 bridgehead atoms. The number of hydrogen-bond donors (Lipinski definition) is 1. The SMILES string of the molecule is CC.CC.CCc1ccccc1N. The predicted octanol–water partition coefficient (Wildman–Crippen LogP) is 3.88. The molecule has 1 aromatic carbocycles. The molecule has 2 N–H and O–H groups in total. The highest BCUT2D eigenvalue weighted by Crippen LogP contribution is 2.09. The molecule has 0 heterocycles. The first-order chi connectivity index (χ1) is 6.34. The van der Waals surface area contributed by atoms with E-state index in [2.05, 4.69) is 13.0 Å². The lowest BCUT2D eigenvalue weighted by molar-refractivity contribution is 1.14. The lowest BCUT2D eigenvalue weighted by atomic mass is 10.1. The van der Waals surface area contributed by atoms with Crippen molar-refractivity contribution in [1.29, 1.82) is 0 Å². The highest BCUT2D eigenvalue weighted by atomic mass is 14.5. The number of hydrogen-bond acceptors (Lipinski definition) is 1. The average molecular weight is 181 g/mol. The number of nitrogens with two attached hydrogens (primary N) is 1. The van der Waals surface area contributed by atoms with Crippen molar-refractivity contribution in [2.45, 2.75) is 41.0 Å². The summed E-state index contributed by atoms with van der Waals surface area (Å²) in [4.78, 5) is 0. The maximum atomic E-state index is 5.63. The van der Waals surface area contributed by atoms with Crippen molar-refractivity contribution in [3.05, 3.63) is 29.8 Å². The maximum Gasteiger partial charge on any atom is 0.0346 e. The molecule has 1 aromatic rings. The second-order valence-electron chi connectivity index (χ2n) is 2.05. The largest absolute Gasteiger partial charge is 0.399 e. The van der Waals surface area contributed by atoms with E-state index in [4.69, 9.17) is 5.73 Å². The zero-order valence-corrected chi connectivity index (χ0v) is 9.59. The maximum absolute atomic E-state index is 5.63. The van der Waals surface area contributed by atoms with Crippen molar-refractivity contribution in [2.24, 2.45) is 0 Å². The van der Waals surface area contributed by atoms with Gasteiger partial charge in [0.1, 0.15) is 0 Å². The molecule has 1 heteroatoms. The lowest BCUT2D eigenvalue weighted by Gasteiger charge is -1.98. The van der Waals surface area contributed by atoms with Crippen LogP contribution in [0.4, 0.5) is 5.69 Å². The fraction of sp³-hybridized carbons (Fsp3) is 0.500. The molecule has 1 nitrogen and oxygen atoms in total. The normalized spacial score (nSPS) is 7.46. The Balaban J connectivity index is 0. The number of aryl methyl sites for hydroxylation is 1. The summed E-state index contributed by atoms with van der Waals surface area (Å²) in [5.74, 6) is 0. The minimum atomic E-state index is 0.903. The smallest absolute Gasteiger partial charge is 0.0346 e. The molecule has 0 spiro atoms. The van der Waals surface area contributed by atoms with Crippen LogP contribution in [0, 0.1) is 0 Å². The second-order valence-corrected chi connectivity index (χ2v) is 2.05. The van der Waals surface area contributed by atoms with Gasteiger partial charge in [-0.1, -0.05) is 52.8 Å². The second kappa shape index (κ2) is 11.0. The van der Waals surface area contributed by atoms with E-state index in [1.165, 1.54) is 5.56 Å². The molecule has 0 saturated carbocycles. The number of nitrogen functional groups attached to an aromatic ring is 1. The lowest BCUT2D eigenvalue weighted by Crippen LogP contribution is -1.90. The van der Waals surface area contributed by atoms with Gasteiger partial charge in [0.05, 0.1) is 0 Å². The van der Waals surface area contributed by atoms with Gasteiger partial charge in [0, 0.05) is 5.69 Å². The minimum absolute atomic E-state index is 0.903. The Hall–Kier alpha value is -0.980. The standard InChI is InChI=1S/C8H11N.2C2H6/c1-2-7-5-3-4-6-8(7)9;2*1-2/h3-6H,2,9H2,1H3;2*1-2H3. The summed E-state index contributed by atoms with van der Waals surface area (Å²) < 4.78 is 0. The van der Waals surface area contributed by atoms with E-state index < -0.39 is 0 Å². The monoisotopic (exact) mass is 181 g/mol. The third-order valence-electron chi connectivity index (χ3n) is 1.44. The summed E-state index contributed by atoms with van der Waals surface area (Å²) in [6.45, 7) is 10.1. The Morgan fingerprint density at radius 3 is 1.77 bits per heavy atom. The quantitative estimate of drug-likeness (QED) is 0.654. The van der Waals surface area contributed by atoms with E-state index in [-0.39, 0.29) is 0 Å². The van der Waals surface area contributed by atoms with E-state index in [0.717, 1.165) is 12.1 Å². The van der Waals surface area contributed by atoms with Crippen LogP contribution in [0.5, 0.6) is 0 Å². The molecule has 0 aliphatic carbocycles. The van der Waals surface area contributed by atoms with Gasteiger partial charge in [-0.25, -0.2) is 0 Å². The first-order valence-corrected chi connectivity index (χ1v) is 5.18. The highest BCUT2D eigenvalue weighted by Gasteiger charge is 1.90. The van der Waals surface area contributed by atoms with Crippen LogP contribution in [0.25, 0.3) is 0 Å². The van der Waals surface area contributed by atoms with Gasteiger partial charge in [-0.05, 0) is 18.1 Å². The average Bonchev–Trinajstić information content (AvgIpc) is 2.24. The van der Waals surface area contributed by atoms with Gasteiger partial charge in [0.15, 0.2) is 0 Å². The van der Waals surface area contributed by atoms with E-state index in [0.29, 0.717) is 0 Å². The molecule has 13 heavy (non-hydrogen) atoms. The molecule has 0 amide bonds. The molecule has 0 unspecified atom stereocenters. The Morgan fingerprint density at radius 1 is 1.00 bits per heavy atom. The van der Waals surface area contributed by atoms with Gasteiger partial charge in [0.25, 0.3) is 0 Å². The molecule has 0 saturated heterocycles. The van der Waals surface area contributed by atoms with Crippen LogP contribution in [-0.2, 0) is 6.42 Å². The molecule has 0 aromatic heterocycles. The van der Waals surface area contributed by atoms with Gasteiger partial charge >= 0.3 is 0 Å². The van der Waals surface area contributed by atoms with Gasteiger partial charge in [-0.15, -0.1) is 0 Å². The molecular weight excluding hydrogens is 158 g/mol. The Kier molecular flexibility index (Phi) is 12.3. The van der Waals surface area contributed by atoms with Crippen LogP contribution >= 0.6 is 0 Å². The van der Waals surface area contributed by atoms with E-state index in [1.54, 1.807) is 0 Å². The Morgan fingerprint density at radius 2 is 1.46 bits per heavy atom. The zero-order chi connectivity index (χ0) is 10.7. The Bertz CT molecular complexity index is 194. The van der Waals surface area contributed by atoms with E-state index >= 15 is 0 Å². The molecule has 1 rings (SSSR count). The van der Waals surface area contributed by atoms with Gasteiger partial charge in [-0.3, -0.25) is 0 Å². The van der Waals surface area contributed by atoms with Crippen molar-refractivity contribution in [2.75, 3.05) is 5.73 Å². The molecule has 76 valence electrons. The molecular formula is C12H23N. The third-order valence-corrected chi connectivity index (χ3v) is 1.44. The van der Waals surface area contributed by atoms with Crippen molar-refractivity contribution >= 4 is 5.69 Å². The number of para-hydroxylation sites is 1. The van der Waals surface area contributed by atoms with Crippen LogP contribution in [0.2, 0.25) is 0 Å². The molecule has 0 radical (unpaired) electrons. The van der Waals surface area contributed by atoms with Gasteiger partial charge < -0.3 is 5.73 Å². The highest BCUT2D eigenvalue weighted by molar-refractivity contribution is 5.46. The van der Waals surface area contributed by atoms with E-state index in [9.17, 15) is 0 Å². The fourth-order valence-corrected chi connectivity index (χ4v) is 0.856. The number of benzene rings is 1. The topological polar surface area (TPSA) is 26.0 Å². The van der Waals surface area contributed by atoms with E-state index in [1.807, 2.05) is 45.9 Å². The van der Waals surface area contributed by atoms with Crippen LogP contribution < -0.4 is 5.73 Å². The van der Waals surface area contributed by atoms with Crippen molar-refractivity contribution in [1.82, 2.24) is 0 Å². The zero-order valence-electron chi connectivity index (χ0n) is 9.59. The van der Waals surface area contributed by atoms with Crippen LogP contribution in [0.15, 0.2) is 24.3 Å². The summed E-state index contributed by atoms with van der Waals surface area (Å²) >= 11 is 0. The van der Waals surface area contributed by atoms with Gasteiger partial charge in [0.2, 0.25) is 0 Å². The summed E-state index contributed by atoms with van der Waals surface area (Å²) in [5, 5.41) is 0. The third kappa shape index (κ3) is 6.21. The molecule has 0 atom stereocenters. The first kappa shape index (κ1) is 14.5. The molecule has 0 aliphatic rings. The molecule has 0 fully saturated rings. The van der Waals surface area contributed by atoms with Crippen LogP contribution in [0.3, 0.4) is 0 Å². The molecule has 0 aliphatic heterocycles.